The molecule has 1 aromatic carbocycles. The number of carbonyl (C=O) groups excluding carboxylic acids is 1. The van der Waals surface area contributed by atoms with Gasteiger partial charge in [-0.3, -0.25) is 0 Å². The van der Waals surface area contributed by atoms with E-state index in [4.69, 9.17) is 0 Å². The molecule has 3 heteroatoms. The Labute approximate surface area is 70.5 Å². The van der Waals surface area contributed by atoms with Gasteiger partial charge in [-0.1, -0.05) is 18.2 Å². The maximum Gasteiger partial charge on any atom is 0.430 e. The smallest absolute Gasteiger partial charge is 0.430 e. The standard InChI is InChI=1S/C9H9NO2/c1-7-5-3-4-6-8(7)9(11)10(2)12/h3-6H,2H2,1H3. The molecule has 1 rings (SSSR count). The van der Waals surface area contributed by atoms with Gasteiger partial charge in [-0.2, -0.15) is 0 Å². The number of carbonyl (C=O) groups is 1. The van der Waals surface area contributed by atoms with Crippen LogP contribution in [0.1, 0.15) is 15.9 Å². The minimum absolute atomic E-state index is 0.0856. The van der Waals surface area contributed by atoms with Crippen LogP contribution < -0.4 is 0 Å². The van der Waals surface area contributed by atoms with Crippen LogP contribution in [0.15, 0.2) is 24.3 Å². The van der Waals surface area contributed by atoms with E-state index in [1.807, 2.05) is 6.07 Å². The highest BCUT2D eigenvalue weighted by Crippen LogP contribution is 2.07. The number of benzene rings is 1. The van der Waals surface area contributed by atoms with Gasteiger partial charge in [-0.05, 0) is 18.6 Å². The maximum absolute atomic E-state index is 11.1. The van der Waals surface area contributed by atoms with Crippen molar-refractivity contribution in [3.63, 3.8) is 0 Å². The molecule has 3 nitrogen and oxygen atoms in total. The van der Waals surface area contributed by atoms with Gasteiger partial charge < -0.3 is 5.21 Å². The summed E-state index contributed by atoms with van der Waals surface area (Å²) in [5.74, 6) is -0.604. The third kappa shape index (κ3) is 1.50. The van der Waals surface area contributed by atoms with Crippen LogP contribution in [0.4, 0.5) is 0 Å². The van der Waals surface area contributed by atoms with Crippen LogP contribution in [-0.2, 0) is 0 Å². The van der Waals surface area contributed by atoms with Crippen LogP contribution in [0, 0.1) is 12.1 Å². The van der Waals surface area contributed by atoms with Crippen LogP contribution in [0.5, 0.6) is 0 Å². The van der Waals surface area contributed by atoms with Gasteiger partial charge in [0.1, 0.15) is 6.72 Å². The van der Waals surface area contributed by atoms with E-state index in [9.17, 15) is 10.0 Å². The number of nitrogens with zero attached hydrogens (tertiary/aromatic N) is 1. The van der Waals surface area contributed by atoms with Gasteiger partial charge in [0, 0.05) is 0 Å². The molecule has 0 aliphatic rings. The van der Waals surface area contributed by atoms with Crippen LogP contribution in [0.25, 0.3) is 0 Å². The summed E-state index contributed by atoms with van der Waals surface area (Å²) in [6, 6.07) is 6.90. The van der Waals surface area contributed by atoms with Crippen molar-refractivity contribution < 1.29 is 9.53 Å². The Kier molecular flexibility index (Phi) is 2.24. The quantitative estimate of drug-likeness (QED) is 0.271. The van der Waals surface area contributed by atoms with Crippen molar-refractivity contribution in [3.05, 3.63) is 40.6 Å². The van der Waals surface area contributed by atoms with E-state index < -0.39 is 5.91 Å². The van der Waals surface area contributed by atoms with Gasteiger partial charge >= 0.3 is 5.91 Å². The minimum Gasteiger partial charge on any atom is -0.616 e. The molecule has 0 fully saturated rings. The lowest BCUT2D eigenvalue weighted by atomic mass is 10.1. The number of hydroxylamine groups is 1. The van der Waals surface area contributed by atoms with Crippen molar-refractivity contribution >= 4 is 12.6 Å². The van der Waals surface area contributed by atoms with Gasteiger partial charge in [-0.25, -0.2) is 4.79 Å². The zero-order valence-electron chi connectivity index (χ0n) is 6.78. The van der Waals surface area contributed by atoms with Crippen molar-refractivity contribution in [2.24, 2.45) is 0 Å². The Balaban J connectivity index is 3.11. The van der Waals surface area contributed by atoms with Crippen molar-refractivity contribution in [1.82, 2.24) is 0 Å². The molecule has 0 spiro atoms. The predicted molar refractivity (Wildman–Crippen MR) is 46.3 cm³/mol. The first-order valence-corrected chi connectivity index (χ1v) is 3.50. The van der Waals surface area contributed by atoms with Gasteiger partial charge in [0.15, 0.2) is 0 Å². The van der Waals surface area contributed by atoms with E-state index in [-0.39, 0.29) is 4.74 Å². The first kappa shape index (κ1) is 8.46. The molecule has 0 N–H and O–H groups in total. The molecule has 0 unspecified atom stereocenters. The highest BCUT2D eigenvalue weighted by atomic mass is 16.5. The summed E-state index contributed by atoms with van der Waals surface area (Å²) in [5, 5.41) is 10.6. The average molecular weight is 163 g/mol. The average Bonchev–Trinajstić information content (AvgIpc) is 2.04. The fourth-order valence-electron chi connectivity index (χ4n) is 0.947. The summed E-state index contributed by atoms with van der Waals surface area (Å²) >= 11 is 0. The topological polar surface area (TPSA) is 43.1 Å². The molecular formula is C9H9NO2. The molecule has 12 heavy (non-hydrogen) atoms. The summed E-state index contributed by atoms with van der Waals surface area (Å²) in [7, 11) is 0. The molecular weight excluding hydrogens is 154 g/mol. The fraction of sp³-hybridized carbons (Fsp3) is 0.111. The Hall–Kier alpha value is -1.64. The van der Waals surface area contributed by atoms with Gasteiger partial charge in [-0.15, -0.1) is 4.74 Å². The SMILES string of the molecule is C=[N+]([O-])C(=O)c1ccccc1C. The minimum atomic E-state index is -0.604. The lowest BCUT2D eigenvalue weighted by Gasteiger charge is -2.01. The lowest BCUT2D eigenvalue weighted by Crippen LogP contribution is -2.13. The van der Waals surface area contributed by atoms with Crippen molar-refractivity contribution in [2.75, 3.05) is 0 Å². The van der Waals surface area contributed by atoms with Crippen molar-refractivity contribution in [2.45, 2.75) is 6.92 Å². The maximum atomic E-state index is 11.1. The third-order valence-electron chi connectivity index (χ3n) is 1.60. The number of amides is 1. The van der Waals surface area contributed by atoms with E-state index in [1.54, 1.807) is 25.1 Å². The Morgan fingerprint density at radius 2 is 2.08 bits per heavy atom. The first-order chi connectivity index (χ1) is 5.63. The van der Waals surface area contributed by atoms with Crippen LogP contribution in [-0.4, -0.2) is 17.4 Å². The second-order valence-corrected chi connectivity index (χ2v) is 2.50. The summed E-state index contributed by atoms with van der Waals surface area (Å²) in [6.45, 7) is 4.76. The van der Waals surface area contributed by atoms with E-state index in [2.05, 4.69) is 6.72 Å². The molecule has 0 aromatic heterocycles. The van der Waals surface area contributed by atoms with E-state index in [0.717, 1.165) is 5.56 Å². The summed E-state index contributed by atoms with van der Waals surface area (Å²) in [5.41, 5.74) is 1.19. The number of rotatable bonds is 1. The zero-order valence-corrected chi connectivity index (χ0v) is 6.78. The summed E-state index contributed by atoms with van der Waals surface area (Å²) < 4.78 is 0.0856. The molecule has 1 aromatic rings. The first-order valence-electron chi connectivity index (χ1n) is 3.50. The lowest BCUT2D eigenvalue weighted by molar-refractivity contribution is -0.342. The molecule has 0 saturated carbocycles. The highest BCUT2D eigenvalue weighted by molar-refractivity contribution is 5.90. The number of hydrogen-bond acceptors (Lipinski definition) is 2. The van der Waals surface area contributed by atoms with Crippen molar-refractivity contribution in [1.29, 1.82) is 0 Å². The molecule has 0 atom stereocenters. The predicted octanol–water partition coefficient (Wildman–Crippen LogP) is 1.35. The molecule has 62 valence electrons. The third-order valence-corrected chi connectivity index (χ3v) is 1.60. The summed E-state index contributed by atoms with van der Waals surface area (Å²) in [6.07, 6.45) is 0. The monoisotopic (exact) mass is 163 g/mol. The second kappa shape index (κ2) is 3.17. The normalized spacial score (nSPS) is 9.42. The Morgan fingerprint density at radius 3 is 2.58 bits per heavy atom. The fourth-order valence-corrected chi connectivity index (χ4v) is 0.947. The van der Waals surface area contributed by atoms with E-state index >= 15 is 0 Å². The van der Waals surface area contributed by atoms with Gasteiger partial charge in [0.25, 0.3) is 0 Å². The molecule has 1 amide bonds. The molecule has 0 aliphatic heterocycles. The van der Waals surface area contributed by atoms with Crippen molar-refractivity contribution in [3.8, 4) is 0 Å². The summed E-state index contributed by atoms with van der Waals surface area (Å²) in [4.78, 5) is 11.1. The molecule has 0 bridgehead atoms. The Morgan fingerprint density at radius 1 is 1.50 bits per heavy atom. The number of aryl methyl sites for hydroxylation is 1. The van der Waals surface area contributed by atoms with Crippen LogP contribution in [0.3, 0.4) is 0 Å². The van der Waals surface area contributed by atoms with Crippen LogP contribution in [0.2, 0.25) is 0 Å². The second-order valence-electron chi connectivity index (χ2n) is 2.50. The van der Waals surface area contributed by atoms with E-state index in [1.165, 1.54) is 0 Å². The Bertz CT molecular complexity index is 331. The molecule has 0 saturated heterocycles. The zero-order chi connectivity index (χ0) is 9.14. The highest BCUT2D eigenvalue weighted by Gasteiger charge is 2.13. The largest absolute Gasteiger partial charge is 0.616 e. The van der Waals surface area contributed by atoms with Crippen LogP contribution >= 0.6 is 0 Å². The molecule has 0 aliphatic carbocycles. The van der Waals surface area contributed by atoms with Gasteiger partial charge in [0.2, 0.25) is 0 Å². The number of hydrogen-bond donors (Lipinski definition) is 0. The molecule has 0 heterocycles. The molecule has 0 radical (unpaired) electrons. The van der Waals surface area contributed by atoms with Gasteiger partial charge in [0.05, 0.1) is 5.56 Å². The van der Waals surface area contributed by atoms with E-state index in [0.29, 0.717) is 5.56 Å².